The van der Waals surface area contributed by atoms with Crippen LogP contribution in [0.4, 0.5) is 0 Å². The van der Waals surface area contributed by atoms with Crippen LogP contribution in [-0.4, -0.2) is 19.0 Å². The minimum atomic E-state index is 0.547. The molecule has 0 saturated carbocycles. The zero-order valence-electron chi connectivity index (χ0n) is 8.31. The molecule has 11 heavy (non-hydrogen) atoms. The third-order valence-electron chi connectivity index (χ3n) is 1.66. The third kappa shape index (κ3) is 3.87. The lowest BCUT2D eigenvalue weighted by molar-refractivity contribution is 0.557. The van der Waals surface area contributed by atoms with E-state index in [0.717, 1.165) is 0 Å². The quantitative estimate of drug-likeness (QED) is 0.563. The van der Waals surface area contributed by atoms with E-state index in [-0.39, 0.29) is 0 Å². The molecule has 0 aromatic rings. The highest BCUT2D eigenvalue weighted by molar-refractivity contribution is 5.26. The van der Waals surface area contributed by atoms with Gasteiger partial charge in [0.15, 0.2) is 0 Å². The fraction of sp³-hybridized carbons (Fsp3) is 0.600. The Morgan fingerprint density at radius 1 is 1.36 bits per heavy atom. The van der Waals surface area contributed by atoms with E-state index < -0.39 is 0 Å². The summed E-state index contributed by atoms with van der Waals surface area (Å²) in [4.78, 5) is 2.04. The summed E-state index contributed by atoms with van der Waals surface area (Å²) in [6.07, 6.45) is 2.10. The molecule has 0 fully saturated rings. The highest BCUT2D eigenvalue weighted by atomic mass is 15.0. The van der Waals surface area contributed by atoms with Gasteiger partial charge < -0.3 is 4.90 Å². The summed E-state index contributed by atoms with van der Waals surface area (Å²) in [6, 6.07) is 0. The molecule has 1 nitrogen and oxygen atoms in total. The first-order valence-corrected chi connectivity index (χ1v) is 3.99. The van der Waals surface area contributed by atoms with Gasteiger partial charge in [0, 0.05) is 20.3 Å². The summed E-state index contributed by atoms with van der Waals surface area (Å²) in [7, 11) is 4.05. The lowest BCUT2D eigenvalue weighted by Gasteiger charge is -2.12. The molecule has 0 radical (unpaired) electrons. The van der Waals surface area contributed by atoms with Crippen molar-refractivity contribution in [3.05, 3.63) is 23.9 Å². The third-order valence-corrected chi connectivity index (χ3v) is 1.66. The lowest BCUT2D eigenvalue weighted by atomic mass is 9.99. The van der Waals surface area contributed by atoms with Gasteiger partial charge in [0.1, 0.15) is 0 Å². The van der Waals surface area contributed by atoms with Gasteiger partial charge in [0.05, 0.1) is 0 Å². The molecule has 0 aromatic heterocycles. The van der Waals surface area contributed by atoms with Crippen LogP contribution in [0.25, 0.3) is 0 Å². The number of hydrogen-bond donors (Lipinski definition) is 0. The molecule has 0 unspecified atom stereocenters. The van der Waals surface area contributed by atoms with Crippen LogP contribution in [0.1, 0.15) is 20.8 Å². The van der Waals surface area contributed by atoms with Crippen molar-refractivity contribution in [2.75, 3.05) is 14.1 Å². The van der Waals surface area contributed by atoms with Gasteiger partial charge in [-0.15, -0.1) is 0 Å². The van der Waals surface area contributed by atoms with Crippen LogP contribution >= 0.6 is 0 Å². The van der Waals surface area contributed by atoms with Crippen molar-refractivity contribution in [3.8, 4) is 0 Å². The fourth-order valence-electron chi connectivity index (χ4n) is 0.926. The van der Waals surface area contributed by atoms with E-state index in [1.165, 1.54) is 11.1 Å². The molecule has 0 aliphatic rings. The highest BCUT2D eigenvalue weighted by Gasteiger charge is 2.01. The molecule has 0 saturated heterocycles. The molecule has 0 N–H and O–H groups in total. The van der Waals surface area contributed by atoms with Gasteiger partial charge in [-0.3, -0.25) is 0 Å². The summed E-state index contributed by atoms with van der Waals surface area (Å²) in [5, 5.41) is 0. The Labute approximate surface area is 70.4 Å². The summed E-state index contributed by atoms with van der Waals surface area (Å²) < 4.78 is 0. The second kappa shape index (κ2) is 4.22. The second-order valence-electron chi connectivity index (χ2n) is 3.46. The van der Waals surface area contributed by atoms with Crippen LogP contribution in [0.5, 0.6) is 0 Å². The van der Waals surface area contributed by atoms with Crippen molar-refractivity contribution in [3.63, 3.8) is 0 Å². The standard InChI is InChI=1S/C10H19N/c1-8(2)10(4)9(3)7-11(5)6/h7-8H,4H2,1-3,5-6H3. The Hall–Kier alpha value is -0.720. The van der Waals surface area contributed by atoms with Crippen LogP contribution in [0.15, 0.2) is 23.9 Å². The van der Waals surface area contributed by atoms with E-state index in [1.54, 1.807) is 0 Å². The minimum absolute atomic E-state index is 0.547. The molecule has 0 amide bonds. The molecular formula is C10H19N. The molecule has 64 valence electrons. The van der Waals surface area contributed by atoms with Crippen LogP contribution in [0.3, 0.4) is 0 Å². The van der Waals surface area contributed by atoms with Crippen LogP contribution in [0.2, 0.25) is 0 Å². The van der Waals surface area contributed by atoms with Crippen molar-refractivity contribution in [1.82, 2.24) is 4.90 Å². The first-order chi connectivity index (χ1) is 4.95. The van der Waals surface area contributed by atoms with Crippen molar-refractivity contribution in [2.24, 2.45) is 5.92 Å². The molecule has 1 heteroatoms. The monoisotopic (exact) mass is 153 g/mol. The first-order valence-electron chi connectivity index (χ1n) is 3.99. The number of rotatable bonds is 3. The van der Waals surface area contributed by atoms with Crippen LogP contribution < -0.4 is 0 Å². The number of hydrogen-bond acceptors (Lipinski definition) is 1. The lowest BCUT2D eigenvalue weighted by Crippen LogP contribution is -2.04. The Morgan fingerprint density at radius 3 is 2.09 bits per heavy atom. The van der Waals surface area contributed by atoms with Gasteiger partial charge in [-0.1, -0.05) is 20.4 Å². The van der Waals surface area contributed by atoms with Crippen molar-refractivity contribution in [1.29, 1.82) is 0 Å². The predicted octanol–water partition coefficient (Wildman–Crippen LogP) is 2.66. The fourth-order valence-corrected chi connectivity index (χ4v) is 0.926. The molecule has 0 heterocycles. The molecule has 0 bridgehead atoms. The maximum absolute atomic E-state index is 4.01. The first kappa shape index (κ1) is 10.3. The molecule has 0 aromatic carbocycles. The van der Waals surface area contributed by atoms with Gasteiger partial charge in [-0.25, -0.2) is 0 Å². The Balaban J connectivity index is 4.24. The van der Waals surface area contributed by atoms with Gasteiger partial charge in [-0.05, 0) is 24.0 Å². The van der Waals surface area contributed by atoms with E-state index in [1.807, 2.05) is 19.0 Å². The second-order valence-corrected chi connectivity index (χ2v) is 3.46. The maximum Gasteiger partial charge on any atom is 0.00557 e. The summed E-state index contributed by atoms with van der Waals surface area (Å²) >= 11 is 0. The summed E-state index contributed by atoms with van der Waals surface area (Å²) in [5.74, 6) is 0.547. The maximum atomic E-state index is 4.01. The van der Waals surface area contributed by atoms with Crippen LogP contribution in [-0.2, 0) is 0 Å². The predicted molar refractivity (Wildman–Crippen MR) is 51.4 cm³/mol. The Bertz CT molecular complexity index is 164. The van der Waals surface area contributed by atoms with E-state index >= 15 is 0 Å². The van der Waals surface area contributed by atoms with E-state index in [4.69, 9.17) is 0 Å². The van der Waals surface area contributed by atoms with E-state index in [0.29, 0.717) is 5.92 Å². The van der Waals surface area contributed by atoms with Gasteiger partial charge >= 0.3 is 0 Å². The Morgan fingerprint density at radius 2 is 1.82 bits per heavy atom. The zero-order valence-corrected chi connectivity index (χ0v) is 8.31. The molecule has 0 rings (SSSR count). The Kier molecular flexibility index (Phi) is 3.94. The molecule has 0 aliphatic heterocycles. The van der Waals surface area contributed by atoms with Crippen molar-refractivity contribution < 1.29 is 0 Å². The highest BCUT2D eigenvalue weighted by Crippen LogP contribution is 2.16. The zero-order chi connectivity index (χ0) is 9.02. The molecule has 0 spiro atoms. The minimum Gasteiger partial charge on any atom is -0.383 e. The normalized spacial score (nSPS) is 12.0. The largest absolute Gasteiger partial charge is 0.383 e. The van der Waals surface area contributed by atoms with Gasteiger partial charge in [0.2, 0.25) is 0 Å². The number of nitrogens with zero attached hydrogens (tertiary/aromatic N) is 1. The molecule has 0 atom stereocenters. The van der Waals surface area contributed by atoms with Gasteiger partial charge in [0.25, 0.3) is 0 Å². The molecule has 0 aliphatic carbocycles. The smallest absolute Gasteiger partial charge is 0.00557 e. The number of allylic oxidation sites excluding steroid dienone is 2. The van der Waals surface area contributed by atoms with E-state index in [9.17, 15) is 0 Å². The van der Waals surface area contributed by atoms with Crippen molar-refractivity contribution >= 4 is 0 Å². The van der Waals surface area contributed by atoms with E-state index in [2.05, 4.69) is 33.6 Å². The van der Waals surface area contributed by atoms with Crippen LogP contribution in [0, 0.1) is 5.92 Å². The summed E-state index contributed by atoms with van der Waals surface area (Å²) in [5.41, 5.74) is 2.49. The topological polar surface area (TPSA) is 3.24 Å². The average molecular weight is 153 g/mol. The van der Waals surface area contributed by atoms with Crippen molar-refractivity contribution in [2.45, 2.75) is 20.8 Å². The van der Waals surface area contributed by atoms with Gasteiger partial charge in [-0.2, -0.15) is 0 Å². The molecular weight excluding hydrogens is 134 g/mol. The SMILES string of the molecule is C=C(C(C)=CN(C)C)C(C)C. The average Bonchev–Trinajstić information content (AvgIpc) is 1.84. The summed E-state index contributed by atoms with van der Waals surface area (Å²) in [6.45, 7) is 10.4.